The number of carbonyl (C=O) groups excluding carboxylic acids is 1. The molecule has 0 aliphatic rings. The van der Waals surface area contributed by atoms with Gasteiger partial charge in [0.05, 0.1) is 17.1 Å². The third-order valence-electron chi connectivity index (χ3n) is 4.23. The molecular formula is C18H21N5O3. The number of carbonyl (C=O) groups is 1. The van der Waals surface area contributed by atoms with Gasteiger partial charge < -0.3 is 10.3 Å². The van der Waals surface area contributed by atoms with Crippen LogP contribution in [0.3, 0.4) is 0 Å². The molecule has 0 aliphatic carbocycles. The lowest BCUT2D eigenvalue weighted by molar-refractivity contribution is -0.122. The van der Waals surface area contributed by atoms with Crippen molar-refractivity contribution >= 4 is 16.9 Å². The fraction of sp³-hybridized carbons (Fsp3) is 0.333. The predicted octanol–water partition coefficient (Wildman–Crippen LogP) is 1.30. The number of benzene rings is 1. The lowest BCUT2D eigenvalue weighted by Crippen LogP contribution is -2.37. The molecule has 0 spiro atoms. The van der Waals surface area contributed by atoms with Crippen LogP contribution in [0.15, 0.2) is 34.0 Å². The van der Waals surface area contributed by atoms with Gasteiger partial charge in [-0.25, -0.2) is 9.78 Å². The molecule has 26 heavy (non-hydrogen) atoms. The van der Waals surface area contributed by atoms with Crippen LogP contribution < -0.4 is 16.6 Å². The van der Waals surface area contributed by atoms with Gasteiger partial charge in [0.1, 0.15) is 12.4 Å². The second kappa shape index (κ2) is 6.99. The van der Waals surface area contributed by atoms with Crippen LogP contribution in [-0.2, 0) is 11.3 Å². The molecule has 3 aromatic rings. The van der Waals surface area contributed by atoms with E-state index in [-0.39, 0.29) is 18.5 Å². The molecule has 0 bridgehead atoms. The van der Waals surface area contributed by atoms with Gasteiger partial charge in [0, 0.05) is 11.8 Å². The number of aryl methyl sites for hydroxylation is 2. The zero-order valence-electron chi connectivity index (χ0n) is 14.9. The fourth-order valence-electron chi connectivity index (χ4n) is 2.80. The molecule has 3 N–H and O–H groups in total. The number of fused-ring (bicyclic) bond motifs is 1. The maximum atomic E-state index is 12.4. The summed E-state index contributed by atoms with van der Waals surface area (Å²) in [5, 5.41) is 2.88. The van der Waals surface area contributed by atoms with Gasteiger partial charge in [0.2, 0.25) is 5.91 Å². The Morgan fingerprint density at radius 2 is 2.04 bits per heavy atom. The summed E-state index contributed by atoms with van der Waals surface area (Å²) in [4.78, 5) is 45.6. The Kier molecular flexibility index (Phi) is 4.75. The van der Waals surface area contributed by atoms with Crippen molar-refractivity contribution in [3.63, 3.8) is 0 Å². The van der Waals surface area contributed by atoms with Crippen molar-refractivity contribution in [1.29, 1.82) is 0 Å². The van der Waals surface area contributed by atoms with Crippen LogP contribution in [0.4, 0.5) is 0 Å². The second-order valence-electron chi connectivity index (χ2n) is 6.37. The van der Waals surface area contributed by atoms with Gasteiger partial charge in [-0.05, 0) is 38.0 Å². The molecule has 1 aromatic carbocycles. The number of hydrogen-bond acceptors (Lipinski definition) is 4. The minimum atomic E-state index is -0.608. The average molecular weight is 355 g/mol. The van der Waals surface area contributed by atoms with Crippen molar-refractivity contribution in [2.75, 3.05) is 0 Å². The first kappa shape index (κ1) is 17.7. The number of aromatic nitrogens is 4. The second-order valence-corrected chi connectivity index (χ2v) is 6.37. The summed E-state index contributed by atoms with van der Waals surface area (Å²) in [6.07, 6.45) is 2.02. The van der Waals surface area contributed by atoms with Gasteiger partial charge in [0.25, 0.3) is 5.56 Å². The van der Waals surface area contributed by atoms with Crippen molar-refractivity contribution in [2.45, 2.75) is 39.8 Å². The highest BCUT2D eigenvalue weighted by atomic mass is 16.2. The topological polar surface area (TPSA) is 113 Å². The van der Waals surface area contributed by atoms with E-state index in [1.165, 1.54) is 10.8 Å². The molecule has 8 nitrogen and oxygen atoms in total. The zero-order chi connectivity index (χ0) is 18.8. The minimum absolute atomic E-state index is 0.174. The van der Waals surface area contributed by atoms with Gasteiger partial charge in [-0.3, -0.25) is 19.1 Å². The summed E-state index contributed by atoms with van der Waals surface area (Å²) in [7, 11) is 0. The summed E-state index contributed by atoms with van der Waals surface area (Å²) in [5.74, 6) is 0.341. The Morgan fingerprint density at radius 1 is 1.27 bits per heavy atom. The number of nitrogens with one attached hydrogen (secondary N) is 3. The van der Waals surface area contributed by atoms with Crippen LogP contribution in [0.5, 0.6) is 0 Å². The largest absolute Gasteiger partial charge is 0.345 e. The predicted molar refractivity (Wildman–Crippen MR) is 98.1 cm³/mol. The van der Waals surface area contributed by atoms with Crippen molar-refractivity contribution in [2.24, 2.45) is 0 Å². The normalized spacial score (nSPS) is 12.3. The SMILES string of the molecule is CC[C@H](NC(=O)Cn1cc(C)c(=O)[nH]c1=O)c1nc2ccc(C)cc2[nH]1. The Morgan fingerprint density at radius 3 is 2.77 bits per heavy atom. The number of imidazole rings is 1. The van der Waals surface area contributed by atoms with Crippen molar-refractivity contribution in [3.05, 3.63) is 62.2 Å². The van der Waals surface area contributed by atoms with E-state index in [2.05, 4.69) is 20.3 Å². The van der Waals surface area contributed by atoms with Crippen molar-refractivity contribution in [1.82, 2.24) is 24.8 Å². The highest BCUT2D eigenvalue weighted by molar-refractivity contribution is 5.77. The number of nitrogens with zero attached hydrogens (tertiary/aromatic N) is 2. The Hall–Kier alpha value is -3.16. The number of amides is 1. The molecule has 8 heteroatoms. The van der Waals surface area contributed by atoms with E-state index in [1.54, 1.807) is 6.92 Å². The quantitative estimate of drug-likeness (QED) is 0.640. The van der Waals surface area contributed by atoms with Gasteiger partial charge in [0.15, 0.2) is 0 Å². The first-order valence-corrected chi connectivity index (χ1v) is 8.43. The number of hydrogen-bond donors (Lipinski definition) is 3. The summed E-state index contributed by atoms with van der Waals surface area (Å²) in [6, 6.07) is 5.62. The molecule has 2 heterocycles. The summed E-state index contributed by atoms with van der Waals surface area (Å²) >= 11 is 0. The summed E-state index contributed by atoms with van der Waals surface area (Å²) in [5.41, 5.74) is 2.19. The van der Waals surface area contributed by atoms with Gasteiger partial charge in [-0.2, -0.15) is 0 Å². The highest BCUT2D eigenvalue weighted by Gasteiger charge is 2.17. The molecule has 0 radical (unpaired) electrons. The lowest BCUT2D eigenvalue weighted by Gasteiger charge is -2.15. The monoisotopic (exact) mass is 355 g/mol. The number of H-pyrrole nitrogens is 2. The van der Waals surface area contributed by atoms with Crippen LogP contribution in [0.2, 0.25) is 0 Å². The zero-order valence-corrected chi connectivity index (χ0v) is 14.9. The third kappa shape index (κ3) is 3.58. The van der Waals surface area contributed by atoms with Gasteiger partial charge >= 0.3 is 5.69 Å². The Balaban J connectivity index is 1.78. The number of rotatable bonds is 5. The van der Waals surface area contributed by atoms with Crippen LogP contribution in [0.1, 0.15) is 36.3 Å². The standard InChI is InChI=1S/C18H21N5O3/c1-4-12(16-20-13-6-5-10(2)7-14(13)21-16)19-15(24)9-23-8-11(3)17(25)22-18(23)26/h5-8,12H,4,9H2,1-3H3,(H,19,24)(H,20,21)(H,22,25,26)/t12-/m0/s1. The van der Waals surface area contributed by atoms with Crippen molar-refractivity contribution < 1.29 is 4.79 Å². The molecule has 136 valence electrons. The van der Waals surface area contributed by atoms with Crippen LogP contribution >= 0.6 is 0 Å². The molecule has 1 atom stereocenters. The first-order chi connectivity index (χ1) is 12.4. The number of aromatic amines is 2. The Bertz CT molecular complexity index is 1080. The molecule has 0 unspecified atom stereocenters. The van der Waals surface area contributed by atoms with E-state index in [0.29, 0.717) is 17.8 Å². The van der Waals surface area contributed by atoms with E-state index >= 15 is 0 Å². The van der Waals surface area contributed by atoms with E-state index < -0.39 is 11.2 Å². The molecule has 0 saturated carbocycles. The highest BCUT2D eigenvalue weighted by Crippen LogP contribution is 2.19. The van der Waals surface area contributed by atoms with Gasteiger partial charge in [-0.15, -0.1) is 0 Å². The fourth-order valence-corrected chi connectivity index (χ4v) is 2.80. The maximum Gasteiger partial charge on any atom is 0.328 e. The minimum Gasteiger partial charge on any atom is -0.345 e. The van der Waals surface area contributed by atoms with Crippen LogP contribution in [0.25, 0.3) is 11.0 Å². The van der Waals surface area contributed by atoms with Crippen LogP contribution in [-0.4, -0.2) is 25.4 Å². The maximum absolute atomic E-state index is 12.4. The molecule has 0 aliphatic heterocycles. The summed E-state index contributed by atoms with van der Waals surface area (Å²) < 4.78 is 1.18. The van der Waals surface area contributed by atoms with E-state index in [0.717, 1.165) is 16.6 Å². The average Bonchev–Trinajstić information content (AvgIpc) is 3.00. The van der Waals surface area contributed by atoms with Gasteiger partial charge in [-0.1, -0.05) is 13.0 Å². The Labute approximate surface area is 149 Å². The first-order valence-electron chi connectivity index (χ1n) is 8.43. The molecule has 3 rings (SSSR count). The third-order valence-corrected chi connectivity index (χ3v) is 4.23. The lowest BCUT2D eigenvalue weighted by atomic mass is 10.2. The molecule has 0 fully saturated rings. The van der Waals surface area contributed by atoms with E-state index in [4.69, 9.17) is 0 Å². The molecule has 0 saturated heterocycles. The smallest absolute Gasteiger partial charge is 0.328 e. The molecular weight excluding hydrogens is 334 g/mol. The van der Waals surface area contributed by atoms with Crippen LogP contribution in [0, 0.1) is 13.8 Å². The van der Waals surface area contributed by atoms with Crippen molar-refractivity contribution in [3.8, 4) is 0 Å². The van der Waals surface area contributed by atoms with E-state index in [1.807, 2.05) is 32.0 Å². The molecule has 1 amide bonds. The summed E-state index contributed by atoms with van der Waals surface area (Å²) in [6.45, 7) is 5.35. The molecule has 2 aromatic heterocycles. The van der Waals surface area contributed by atoms with E-state index in [9.17, 15) is 14.4 Å².